The number of aryl methyl sites for hydroxylation is 2. The number of aromatic hydroxyl groups is 2. The molecule has 0 bridgehead atoms. The van der Waals surface area contributed by atoms with Gasteiger partial charge in [0.05, 0.1) is 38.5 Å². The highest BCUT2D eigenvalue weighted by Gasteiger charge is 2.27. The number of rotatable bonds is 7. The van der Waals surface area contributed by atoms with E-state index in [1.807, 2.05) is 18.2 Å². The van der Waals surface area contributed by atoms with Crippen molar-refractivity contribution in [1.29, 1.82) is 0 Å². The van der Waals surface area contributed by atoms with Crippen LogP contribution in [-0.4, -0.2) is 50.9 Å². The number of aromatic nitrogens is 2. The van der Waals surface area contributed by atoms with Crippen molar-refractivity contribution in [2.75, 3.05) is 29.9 Å². The lowest BCUT2D eigenvalue weighted by Gasteiger charge is -2.22. The fourth-order valence-corrected chi connectivity index (χ4v) is 5.81. The van der Waals surface area contributed by atoms with Crippen molar-refractivity contribution >= 4 is 68.3 Å². The van der Waals surface area contributed by atoms with Gasteiger partial charge in [-0.25, -0.2) is 4.79 Å². The van der Waals surface area contributed by atoms with Crippen LogP contribution in [0.15, 0.2) is 107 Å². The van der Waals surface area contributed by atoms with Gasteiger partial charge in [-0.2, -0.15) is 0 Å². The number of ether oxygens (including phenoxy) is 1. The van der Waals surface area contributed by atoms with Crippen LogP contribution in [0.4, 0.5) is 11.4 Å². The van der Waals surface area contributed by atoms with Gasteiger partial charge in [-0.1, -0.05) is 71.7 Å². The number of amides is 1. The summed E-state index contributed by atoms with van der Waals surface area (Å²) in [4.78, 5) is 51.7. The summed E-state index contributed by atoms with van der Waals surface area (Å²) >= 11 is 12.1. The predicted octanol–water partition coefficient (Wildman–Crippen LogP) is 7.76. The second kappa shape index (κ2) is 18.1. The quantitative estimate of drug-likeness (QED) is 0.140. The molecule has 13 heteroatoms. The van der Waals surface area contributed by atoms with Crippen LogP contribution >= 0.6 is 23.2 Å². The molecule has 53 heavy (non-hydrogen) atoms. The van der Waals surface area contributed by atoms with E-state index in [1.54, 1.807) is 37.3 Å². The van der Waals surface area contributed by atoms with Crippen LogP contribution in [0.2, 0.25) is 10.0 Å². The summed E-state index contributed by atoms with van der Waals surface area (Å²) < 4.78 is 51.4. The molecule has 2 aromatic heterocycles. The molecule has 11 nitrogen and oxygen atoms in total. The van der Waals surface area contributed by atoms with Crippen LogP contribution in [0.3, 0.4) is 0 Å². The number of nitrogens with zero attached hydrogens (tertiary/aromatic N) is 3. The van der Waals surface area contributed by atoms with Crippen LogP contribution < -0.4 is 21.3 Å². The van der Waals surface area contributed by atoms with E-state index < -0.39 is 59.6 Å². The molecule has 0 aliphatic carbocycles. The van der Waals surface area contributed by atoms with E-state index in [4.69, 9.17) is 36.2 Å². The highest BCUT2D eigenvalue weighted by atomic mass is 35.5. The Kier molecular flexibility index (Phi) is 10.9. The molecule has 3 N–H and O–H groups in total. The van der Waals surface area contributed by atoms with Crippen LogP contribution in [0.25, 0.3) is 21.8 Å². The highest BCUT2D eigenvalue weighted by Crippen LogP contribution is 2.34. The Morgan fingerprint density at radius 2 is 1.23 bits per heavy atom. The molecule has 0 atom stereocenters. The lowest BCUT2D eigenvalue weighted by molar-refractivity contribution is 0.0520. The third kappa shape index (κ3) is 8.65. The Bertz CT molecular complexity index is 2580. The van der Waals surface area contributed by atoms with E-state index in [0.717, 1.165) is 6.54 Å². The first-order valence-electron chi connectivity index (χ1n) is 19.3. The number of fused-ring (bicyclic) bond motifs is 2. The molecular formula is C40H40Cl2N4O7. The summed E-state index contributed by atoms with van der Waals surface area (Å²) in [7, 11) is 0. The zero-order chi connectivity index (χ0) is 43.8. The lowest BCUT2D eigenvalue weighted by Crippen LogP contribution is -2.36. The average molecular weight is 766 g/mol. The number of anilines is 2. The molecule has 4 aromatic carbocycles. The maximum atomic E-state index is 13.2. The molecule has 0 unspecified atom stereocenters. The Morgan fingerprint density at radius 1 is 0.736 bits per heavy atom. The fraction of sp³-hybridized carbons (Fsp3) is 0.200. The average Bonchev–Trinajstić information content (AvgIpc) is 3.15. The normalized spacial score (nSPS) is 12.6. The van der Waals surface area contributed by atoms with Gasteiger partial charge in [0.2, 0.25) is 0 Å². The zero-order valence-electron chi connectivity index (χ0n) is 34.9. The lowest BCUT2D eigenvalue weighted by atomic mass is 10.1. The van der Waals surface area contributed by atoms with E-state index in [-0.39, 0.29) is 45.0 Å². The number of pyridine rings is 2. The molecule has 0 fully saturated rings. The van der Waals surface area contributed by atoms with E-state index in [2.05, 4.69) is 24.4 Å². The van der Waals surface area contributed by atoms with E-state index >= 15 is 0 Å². The zero-order valence-corrected chi connectivity index (χ0v) is 30.4. The smallest absolute Gasteiger partial charge is 0.347 e. The Balaban J connectivity index is 0.000000219. The summed E-state index contributed by atoms with van der Waals surface area (Å²) in [6.45, 7) is 0.754. The Labute approximate surface area is 324 Å². The largest absolute Gasteiger partial charge is 0.506 e. The van der Waals surface area contributed by atoms with Crippen molar-refractivity contribution < 1.29 is 32.8 Å². The summed E-state index contributed by atoms with van der Waals surface area (Å²) in [6.07, 6.45) is 0. The third-order valence-corrected chi connectivity index (χ3v) is 8.35. The molecule has 0 saturated carbocycles. The topological polar surface area (TPSA) is 143 Å². The Hall–Kier alpha value is -5.78. The van der Waals surface area contributed by atoms with Gasteiger partial charge in [-0.15, -0.1) is 0 Å². The summed E-state index contributed by atoms with van der Waals surface area (Å²) in [6, 6.07) is 27.2. The number of hydrogen-bond donors (Lipinski definition) is 3. The number of esters is 1. The summed E-state index contributed by atoms with van der Waals surface area (Å²) in [5, 5.41) is 24.0. The van der Waals surface area contributed by atoms with Crippen molar-refractivity contribution in [3.05, 3.63) is 139 Å². The number of para-hydroxylation sites is 2. The third-order valence-electron chi connectivity index (χ3n) is 7.72. The number of benzene rings is 4. The molecule has 6 rings (SSSR count). The van der Waals surface area contributed by atoms with Gasteiger partial charge >= 0.3 is 5.97 Å². The minimum Gasteiger partial charge on any atom is -0.506 e. The van der Waals surface area contributed by atoms with E-state index in [1.165, 1.54) is 53.9 Å². The standard InChI is InChI=1S/C19H17ClN2O3.C13H12ClNO4.C8H11N/c1-3-22(12-8-5-4-6-9-12)19(25)16-17(23)15-13(20)10-7-11-14(15)21(2)18(16)24;1-3-19-13(18)10-11(16)9-7(14)5-4-6-8(9)15(2)12(10)17;1-2-9-8-6-4-3-5-7-8/h4-11,23H,3H2,1-2H3;4-6,16H,3H2,1-2H3;3-7,9H,2H2,1H3/i2*2D3;. The van der Waals surface area contributed by atoms with Crippen molar-refractivity contribution in [2.24, 2.45) is 14.0 Å². The predicted molar refractivity (Wildman–Crippen MR) is 212 cm³/mol. The number of halogens is 2. The molecule has 2 heterocycles. The second-order valence-electron chi connectivity index (χ2n) is 11.0. The minimum atomic E-state index is -2.87. The monoisotopic (exact) mass is 764 g/mol. The summed E-state index contributed by atoms with van der Waals surface area (Å²) in [5.41, 5.74) is -2.12. The molecule has 0 spiro atoms. The number of carbonyl (C=O) groups is 2. The molecule has 276 valence electrons. The first-order valence-corrected chi connectivity index (χ1v) is 17.0. The van der Waals surface area contributed by atoms with Crippen LogP contribution in [0.1, 0.15) is 49.7 Å². The van der Waals surface area contributed by atoms with Crippen LogP contribution in [0, 0.1) is 0 Å². The maximum absolute atomic E-state index is 13.2. The first-order chi connectivity index (χ1) is 27.8. The van der Waals surface area contributed by atoms with Gasteiger partial charge in [0.25, 0.3) is 17.0 Å². The molecule has 0 saturated heterocycles. The highest BCUT2D eigenvalue weighted by molar-refractivity contribution is 6.36. The van der Waals surface area contributed by atoms with E-state index in [9.17, 15) is 29.4 Å². The first kappa shape index (κ1) is 31.9. The van der Waals surface area contributed by atoms with Gasteiger partial charge < -0.3 is 34.3 Å². The van der Waals surface area contributed by atoms with Crippen LogP contribution in [0.5, 0.6) is 11.5 Å². The van der Waals surface area contributed by atoms with Crippen molar-refractivity contribution in [3.8, 4) is 11.5 Å². The number of carbonyl (C=O) groups excluding carboxylic acids is 2. The number of nitrogens with one attached hydrogen (secondary N) is 1. The van der Waals surface area contributed by atoms with Gasteiger partial charge in [0.1, 0.15) is 17.1 Å². The van der Waals surface area contributed by atoms with Gasteiger partial charge in [-0.3, -0.25) is 14.4 Å². The molecule has 6 aromatic rings. The van der Waals surface area contributed by atoms with Crippen molar-refractivity contribution in [2.45, 2.75) is 20.8 Å². The van der Waals surface area contributed by atoms with E-state index in [0.29, 0.717) is 14.8 Å². The molecule has 0 radical (unpaired) electrons. The summed E-state index contributed by atoms with van der Waals surface area (Å²) in [5.74, 6) is -3.24. The van der Waals surface area contributed by atoms with Gasteiger partial charge in [0, 0.05) is 46.6 Å². The molecule has 0 aliphatic rings. The molecular weight excluding hydrogens is 719 g/mol. The maximum Gasteiger partial charge on any atom is 0.347 e. The Morgan fingerprint density at radius 3 is 1.70 bits per heavy atom. The SMILES string of the molecule is CCNc1ccccc1.[2H]C([2H])([2H])n1c(=O)c(C(=O)N(CC)c2ccccc2)c(O)c2c(Cl)cccc21.[2H]C([2H])([2H])n1c(=O)c(C(=O)OCC)c(O)c2c(Cl)cccc21. The number of hydrogen-bond acceptors (Lipinski definition) is 8. The minimum absolute atomic E-state index is 0.0125. The van der Waals surface area contributed by atoms with Crippen molar-refractivity contribution in [3.63, 3.8) is 0 Å². The fourth-order valence-electron chi connectivity index (χ4n) is 5.29. The second-order valence-corrected chi connectivity index (χ2v) is 11.8. The van der Waals surface area contributed by atoms with Crippen LogP contribution in [-0.2, 0) is 18.7 Å². The van der Waals surface area contributed by atoms with Gasteiger partial charge in [-0.05, 0) is 69.3 Å². The molecule has 1 amide bonds. The van der Waals surface area contributed by atoms with Crippen molar-refractivity contribution in [1.82, 2.24) is 9.13 Å². The van der Waals surface area contributed by atoms with Gasteiger partial charge in [0.15, 0.2) is 5.56 Å². The molecule has 0 aliphatic heterocycles.